The number of aromatic nitrogens is 3. The summed E-state index contributed by atoms with van der Waals surface area (Å²) in [6.07, 6.45) is 2.46. The van der Waals surface area contributed by atoms with Gasteiger partial charge < -0.3 is 41.1 Å². The zero-order valence-corrected chi connectivity index (χ0v) is 26.2. The molecular formula is C34H38N10O3. The maximum atomic E-state index is 12.6. The molecule has 3 amide bonds. The zero-order valence-electron chi connectivity index (χ0n) is 26.2. The lowest BCUT2D eigenvalue weighted by molar-refractivity contribution is 0.0299. The number of carbonyl (C=O) groups excluding carboxylic acids is 2. The predicted octanol–water partition coefficient (Wildman–Crippen LogP) is 4.14. The number of fused-ring (bicyclic) bond motifs is 2. The number of benzene rings is 3. The van der Waals surface area contributed by atoms with E-state index in [2.05, 4.69) is 62.0 Å². The maximum absolute atomic E-state index is 12.6. The van der Waals surface area contributed by atoms with Crippen LogP contribution >= 0.6 is 0 Å². The third-order valence-electron chi connectivity index (χ3n) is 8.77. The standard InChI is InChI=1S/C34H38N10O3/c1-42-16-18-43(19-17-42)27-12-10-24(11-13-27)36-32-39-31(40-33(41-32)44-20-28-14-15-29(21-44)47-28)23-4-8-26(9-5-23)38-34(46)37-25-6-2-22(3-7-25)30(35)45/h2-13,28-29H,14-21H2,1H3,(H2,35,45)(H2,37,38,46)(H,36,39,40,41). The predicted molar refractivity (Wildman–Crippen MR) is 182 cm³/mol. The van der Waals surface area contributed by atoms with Crippen LogP contribution in [0.3, 0.4) is 0 Å². The van der Waals surface area contributed by atoms with E-state index in [1.165, 1.54) is 5.69 Å². The van der Waals surface area contributed by atoms with E-state index in [9.17, 15) is 9.59 Å². The van der Waals surface area contributed by atoms with Gasteiger partial charge in [-0.2, -0.15) is 15.0 Å². The smallest absolute Gasteiger partial charge is 0.323 e. The van der Waals surface area contributed by atoms with Crippen LogP contribution in [0.2, 0.25) is 0 Å². The van der Waals surface area contributed by atoms with E-state index in [1.54, 1.807) is 36.4 Å². The summed E-state index contributed by atoms with van der Waals surface area (Å²) in [5.41, 5.74) is 9.66. The molecule has 47 heavy (non-hydrogen) atoms. The van der Waals surface area contributed by atoms with E-state index in [-0.39, 0.29) is 12.2 Å². The molecule has 2 bridgehead atoms. The number of ether oxygens (including phenoxy) is 1. The molecule has 3 aliphatic rings. The van der Waals surface area contributed by atoms with Gasteiger partial charge in [0, 0.05) is 73.1 Å². The molecule has 3 fully saturated rings. The van der Waals surface area contributed by atoms with E-state index >= 15 is 0 Å². The molecule has 0 saturated carbocycles. The Kier molecular flexibility index (Phi) is 8.55. The van der Waals surface area contributed by atoms with Crippen LogP contribution in [0, 0.1) is 0 Å². The minimum absolute atomic E-state index is 0.185. The number of carbonyl (C=O) groups is 2. The first-order valence-electron chi connectivity index (χ1n) is 15.9. The number of urea groups is 1. The second-order valence-electron chi connectivity index (χ2n) is 12.2. The normalized spacial score (nSPS) is 19.3. The van der Waals surface area contributed by atoms with E-state index in [0.29, 0.717) is 34.7 Å². The largest absolute Gasteiger partial charge is 0.371 e. The van der Waals surface area contributed by atoms with E-state index in [1.807, 2.05) is 12.1 Å². The molecule has 0 aliphatic carbocycles. The van der Waals surface area contributed by atoms with Crippen molar-refractivity contribution in [2.24, 2.45) is 5.73 Å². The summed E-state index contributed by atoms with van der Waals surface area (Å²) in [5, 5.41) is 8.98. The van der Waals surface area contributed by atoms with Crippen LogP contribution in [0.25, 0.3) is 11.4 Å². The van der Waals surface area contributed by atoms with Gasteiger partial charge in [0.2, 0.25) is 17.8 Å². The number of morpholine rings is 1. The molecule has 0 spiro atoms. The maximum Gasteiger partial charge on any atom is 0.323 e. The van der Waals surface area contributed by atoms with Crippen LogP contribution < -0.4 is 31.5 Å². The number of rotatable bonds is 8. The van der Waals surface area contributed by atoms with E-state index < -0.39 is 11.9 Å². The van der Waals surface area contributed by atoms with Gasteiger partial charge >= 0.3 is 6.03 Å². The van der Waals surface area contributed by atoms with Gasteiger partial charge in [0.25, 0.3) is 0 Å². The van der Waals surface area contributed by atoms with Crippen LogP contribution in [0.1, 0.15) is 23.2 Å². The average molecular weight is 635 g/mol. The fraction of sp³-hybridized carbons (Fsp3) is 0.324. The summed E-state index contributed by atoms with van der Waals surface area (Å²) < 4.78 is 6.06. The van der Waals surface area contributed by atoms with E-state index in [4.69, 9.17) is 25.4 Å². The highest BCUT2D eigenvalue weighted by molar-refractivity contribution is 6.00. The molecule has 3 saturated heterocycles. The van der Waals surface area contributed by atoms with Gasteiger partial charge in [-0.25, -0.2) is 4.79 Å². The summed E-state index contributed by atoms with van der Waals surface area (Å²) in [6, 6.07) is 21.7. The highest BCUT2D eigenvalue weighted by Gasteiger charge is 2.35. The number of nitrogens with zero attached hydrogens (tertiary/aromatic N) is 6. The second kappa shape index (κ2) is 13.2. The zero-order chi connectivity index (χ0) is 32.3. The van der Waals surface area contributed by atoms with Crippen LogP contribution in [-0.2, 0) is 4.74 Å². The lowest BCUT2D eigenvalue weighted by Gasteiger charge is -2.34. The first kappa shape index (κ1) is 30.4. The van der Waals surface area contributed by atoms with Crippen LogP contribution in [-0.4, -0.2) is 90.3 Å². The molecular weight excluding hydrogens is 596 g/mol. The monoisotopic (exact) mass is 634 g/mol. The third kappa shape index (κ3) is 7.26. The van der Waals surface area contributed by atoms with Crippen LogP contribution in [0.15, 0.2) is 72.8 Å². The molecule has 2 unspecified atom stereocenters. The summed E-state index contributed by atoms with van der Waals surface area (Å²) >= 11 is 0. The molecule has 4 heterocycles. The molecule has 4 aromatic rings. The van der Waals surface area contributed by atoms with Crippen LogP contribution in [0.4, 0.5) is 39.4 Å². The number of hydrogen-bond donors (Lipinski definition) is 4. The fourth-order valence-corrected chi connectivity index (χ4v) is 6.13. The number of likely N-dealkylation sites (N-methyl/N-ethyl adjacent to an activating group) is 1. The molecule has 3 aromatic carbocycles. The number of nitrogens with two attached hydrogens (primary N) is 1. The van der Waals surface area contributed by atoms with E-state index in [0.717, 1.165) is 63.4 Å². The topological polar surface area (TPSA) is 154 Å². The Bertz CT molecular complexity index is 1710. The van der Waals surface area contributed by atoms with Crippen LogP contribution in [0.5, 0.6) is 0 Å². The van der Waals surface area contributed by atoms with Crippen molar-refractivity contribution < 1.29 is 14.3 Å². The van der Waals surface area contributed by atoms with Crippen molar-refractivity contribution in [1.82, 2.24) is 19.9 Å². The Balaban J connectivity index is 1.08. The molecule has 5 N–H and O–H groups in total. The lowest BCUT2D eigenvalue weighted by atomic mass is 10.2. The molecule has 242 valence electrons. The number of nitrogens with one attached hydrogen (secondary N) is 3. The lowest BCUT2D eigenvalue weighted by Crippen LogP contribution is -2.44. The van der Waals surface area contributed by atoms with Gasteiger partial charge in [-0.1, -0.05) is 0 Å². The highest BCUT2D eigenvalue weighted by atomic mass is 16.5. The molecule has 3 aliphatic heterocycles. The first-order valence-corrected chi connectivity index (χ1v) is 15.9. The minimum atomic E-state index is -0.526. The molecule has 13 heteroatoms. The summed E-state index contributed by atoms with van der Waals surface area (Å²) in [5.74, 6) is 1.06. The van der Waals surface area contributed by atoms with Gasteiger partial charge in [-0.05, 0) is 92.7 Å². The summed E-state index contributed by atoms with van der Waals surface area (Å²) in [6.45, 7) is 5.60. The molecule has 0 radical (unpaired) electrons. The first-order chi connectivity index (χ1) is 22.8. The Hall–Kier alpha value is -5.27. The van der Waals surface area contributed by atoms with Crippen molar-refractivity contribution in [3.05, 3.63) is 78.4 Å². The number of anilines is 6. The van der Waals surface area contributed by atoms with Crippen molar-refractivity contribution in [2.45, 2.75) is 25.0 Å². The van der Waals surface area contributed by atoms with Crippen molar-refractivity contribution >= 4 is 46.6 Å². The Morgan fingerprint density at radius 2 is 1.34 bits per heavy atom. The molecule has 2 atom stereocenters. The fourth-order valence-electron chi connectivity index (χ4n) is 6.13. The van der Waals surface area contributed by atoms with Gasteiger partial charge in [0.15, 0.2) is 5.82 Å². The highest BCUT2D eigenvalue weighted by Crippen LogP contribution is 2.30. The van der Waals surface area contributed by atoms with Crippen molar-refractivity contribution in [3.8, 4) is 11.4 Å². The van der Waals surface area contributed by atoms with Crippen molar-refractivity contribution in [1.29, 1.82) is 0 Å². The summed E-state index contributed by atoms with van der Waals surface area (Å²) in [4.78, 5) is 45.3. The summed E-state index contributed by atoms with van der Waals surface area (Å²) in [7, 11) is 2.16. The second-order valence-corrected chi connectivity index (χ2v) is 12.2. The van der Waals surface area contributed by atoms with Gasteiger partial charge in [0.05, 0.1) is 12.2 Å². The Labute approximate surface area is 273 Å². The number of piperazine rings is 1. The van der Waals surface area contributed by atoms with Gasteiger partial charge in [0.1, 0.15) is 0 Å². The Morgan fingerprint density at radius 1 is 0.745 bits per heavy atom. The van der Waals surface area contributed by atoms with Crippen molar-refractivity contribution in [2.75, 3.05) is 72.1 Å². The molecule has 13 nitrogen and oxygen atoms in total. The third-order valence-corrected chi connectivity index (χ3v) is 8.77. The number of amides is 3. The minimum Gasteiger partial charge on any atom is -0.371 e. The quantitative estimate of drug-likeness (QED) is 0.222. The number of primary amides is 1. The Morgan fingerprint density at radius 3 is 1.96 bits per heavy atom. The SMILES string of the molecule is CN1CCN(c2ccc(Nc3nc(-c4ccc(NC(=O)Nc5ccc(C(N)=O)cc5)cc4)nc(N4CC5CCC(C4)O5)n3)cc2)CC1. The number of hydrogen-bond acceptors (Lipinski definition) is 10. The average Bonchev–Trinajstić information content (AvgIpc) is 3.42. The van der Waals surface area contributed by atoms with Crippen molar-refractivity contribution in [3.63, 3.8) is 0 Å². The van der Waals surface area contributed by atoms with Gasteiger partial charge in [-0.15, -0.1) is 0 Å². The molecule has 7 rings (SSSR count). The molecule has 1 aromatic heterocycles. The van der Waals surface area contributed by atoms with Gasteiger partial charge in [-0.3, -0.25) is 4.79 Å².